The van der Waals surface area contributed by atoms with Crippen molar-refractivity contribution < 1.29 is 4.79 Å². The summed E-state index contributed by atoms with van der Waals surface area (Å²) in [6.07, 6.45) is 1.55. The van der Waals surface area contributed by atoms with Gasteiger partial charge in [-0.15, -0.1) is 0 Å². The van der Waals surface area contributed by atoms with Gasteiger partial charge in [0.05, 0.1) is 11.3 Å². The smallest absolute Gasteiger partial charge is 0.258 e. The second-order valence-electron chi connectivity index (χ2n) is 5.08. The van der Waals surface area contributed by atoms with Crippen molar-refractivity contribution in [3.63, 3.8) is 0 Å². The minimum Gasteiger partial charge on any atom is -0.305 e. The first-order chi connectivity index (χ1) is 9.97. The van der Waals surface area contributed by atoms with Crippen LogP contribution in [-0.2, 0) is 7.05 Å². The van der Waals surface area contributed by atoms with Gasteiger partial charge in [-0.3, -0.25) is 14.6 Å². The van der Waals surface area contributed by atoms with E-state index in [9.17, 15) is 4.79 Å². The molecule has 21 heavy (non-hydrogen) atoms. The van der Waals surface area contributed by atoms with Gasteiger partial charge in [-0.05, 0) is 26.8 Å². The number of aromatic amines is 1. The van der Waals surface area contributed by atoms with Crippen molar-refractivity contribution in [2.24, 2.45) is 7.05 Å². The largest absolute Gasteiger partial charge is 0.305 e. The molecule has 108 valence electrons. The number of amides is 1. The molecule has 3 heterocycles. The predicted octanol–water partition coefficient (Wildman–Crippen LogP) is 1.87. The SMILES string of the molecule is Cc1[nH]nc(NC(=O)c2cnc3c(c2)c(C)nn3C)c1C. The number of hydrogen-bond donors (Lipinski definition) is 2. The summed E-state index contributed by atoms with van der Waals surface area (Å²) in [6.45, 7) is 5.71. The van der Waals surface area contributed by atoms with Crippen molar-refractivity contribution in [3.05, 3.63) is 34.8 Å². The van der Waals surface area contributed by atoms with Crippen LogP contribution < -0.4 is 5.32 Å². The Hall–Kier alpha value is -2.70. The highest BCUT2D eigenvalue weighted by Crippen LogP contribution is 2.18. The highest BCUT2D eigenvalue weighted by atomic mass is 16.1. The predicted molar refractivity (Wildman–Crippen MR) is 79.3 cm³/mol. The van der Waals surface area contributed by atoms with Gasteiger partial charge in [-0.2, -0.15) is 10.2 Å². The van der Waals surface area contributed by atoms with Crippen LogP contribution in [0.15, 0.2) is 12.3 Å². The van der Waals surface area contributed by atoms with Crippen LogP contribution in [0.4, 0.5) is 5.82 Å². The van der Waals surface area contributed by atoms with E-state index in [0.29, 0.717) is 11.4 Å². The number of aromatic nitrogens is 5. The molecule has 0 saturated carbocycles. The third kappa shape index (κ3) is 2.16. The molecule has 3 rings (SSSR count). The number of anilines is 1. The maximum atomic E-state index is 12.3. The molecule has 2 N–H and O–H groups in total. The van der Waals surface area contributed by atoms with E-state index in [0.717, 1.165) is 28.0 Å². The van der Waals surface area contributed by atoms with Crippen molar-refractivity contribution in [1.29, 1.82) is 0 Å². The highest BCUT2D eigenvalue weighted by molar-refractivity contribution is 6.05. The summed E-state index contributed by atoms with van der Waals surface area (Å²) < 4.78 is 1.70. The van der Waals surface area contributed by atoms with Crippen LogP contribution in [0.1, 0.15) is 27.3 Å². The normalized spacial score (nSPS) is 11.0. The quantitative estimate of drug-likeness (QED) is 0.752. The standard InChI is InChI=1S/C14H16N6O/c1-7-8(2)17-18-12(7)16-14(21)10-5-11-9(3)19-20(4)13(11)15-6-10/h5-6H,1-4H3,(H2,16,17,18,21). The number of H-pyrrole nitrogens is 1. The summed E-state index contributed by atoms with van der Waals surface area (Å²) in [5.41, 5.74) is 3.95. The average molecular weight is 284 g/mol. The van der Waals surface area contributed by atoms with E-state index < -0.39 is 0 Å². The van der Waals surface area contributed by atoms with Crippen molar-refractivity contribution in [2.45, 2.75) is 20.8 Å². The molecule has 0 spiro atoms. The number of nitrogens with one attached hydrogen (secondary N) is 2. The summed E-state index contributed by atoms with van der Waals surface area (Å²) in [5.74, 6) is 0.308. The first-order valence-electron chi connectivity index (χ1n) is 6.59. The topological polar surface area (TPSA) is 88.5 Å². The summed E-state index contributed by atoms with van der Waals surface area (Å²) in [7, 11) is 1.83. The summed E-state index contributed by atoms with van der Waals surface area (Å²) in [6, 6.07) is 1.80. The Morgan fingerprint density at radius 1 is 1.33 bits per heavy atom. The minimum atomic E-state index is -0.234. The molecule has 0 bridgehead atoms. The number of hydrogen-bond acceptors (Lipinski definition) is 4. The Kier molecular flexibility index (Phi) is 2.97. The Morgan fingerprint density at radius 2 is 2.10 bits per heavy atom. The number of carbonyl (C=O) groups is 1. The van der Waals surface area contributed by atoms with E-state index >= 15 is 0 Å². The van der Waals surface area contributed by atoms with Crippen LogP contribution >= 0.6 is 0 Å². The molecule has 3 aromatic heterocycles. The Bertz CT molecular complexity index is 845. The van der Waals surface area contributed by atoms with Crippen LogP contribution in [0.3, 0.4) is 0 Å². The fraction of sp³-hybridized carbons (Fsp3) is 0.286. The van der Waals surface area contributed by atoms with E-state index in [4.69, 9.17) is 0 Å². The van der Waals surface area contributed by atoms with Gasteiger partial charge >= 0.3 is 0 Å². The third-order valence-corrected chi connectivity index (χ3v) is 3.61. The van der Waals surface area contributed by atoms with Gasteiger partial charge in [-0.1, -0.05) is 0 Å². The molecule has 7 heteroatoms. The molecule has 1 amide bonds. The van der Waals surface area contributed by atoms with Crippen LogP contribution in [0.2, 0.25) is 0 Å². The lowest BCUT2D eigenvalue weighted by atomic mass is 10.2. The van der Waals surface area contributed by atoms with Crippen LogP contribution in [0.5, 0.6) is 0 Å². The molecule has 0 aliphatic heterocycles. The second-order valence-corrected chi connectivity index (χ2v) is 5.08. The zero-order valence-electron chi connectivity index (χ0n) is 12.4. The van der Waals surface area contributed by atoms with Crippen LogP contribution in [0, 0.1) is 20.8 Å². The van der Waals surface area contributed by atoms with Gasteiger partial charge in [0.25, 0.3) is 5.91 Å². The van der Waals surface area contributed by atoms with E-state index in [2.05, 4.69) is 25.6 Å². The molecule has 3 aromatic rings. The molecule has 0 fully saturated rings. The molecule has 0 aliphatic rings. The maximum Gasteiger partial charge on any atom is 0.258 e. The summed E-state index contributed by atoms with van der Waals surface area (Å²) >= 11 is 0. The number of fused-ring (bicyclic) bond motifs is 1. The van der Waals surface area contributed by atoms with E-state index in [-0.39, 0.29) is 5.91 Å². The lowest BCUT2D eigenvalue weighted by Gasteiger charge is -2.03. The first kappa shape index (κ1) is 13.3. The van der Waals surface area contributed by atoms with Crippen LogP contribution in [-0.4, -0.2) is 30.9 Å². The zero-order chi connectivity index (χ0) is 15.1. The number of carbonyl (C=O) groups excluding carboxylic acids is 1. The molecule has 0 radical (unpaired) electrons. The molecule has 0 unspecified atom stereocenters. The first-order valence-corrected chi connectivity index (χ1v) is 6.59. The number of rotatable bonds is 2. The van der Waals surface area contributed by atoms with E-state index in [1.165, 1.54) is 0 Å². The number of nitrogens with zero attached hydrogens (tertiary/aromatic N) is 4. The van der Waals surface area contributed by atoms with Gasteiger partial charge in [0.1, 0.15) is 0 Å². The van der Waals surface area contributed by atoms with Crippen molar-refractivity contribution in [2.75, 3.05) is 5.32 Å². The molecule has 0 aromatic carbocycles. The summed E-state index contributed by atoms with van der Waals surface area (Å²) in [4.78, 5) is 16.6. The van der Waals surface area contributed by atoms with Crippen molar-refractivity contribution in [3.8, 4) is 0 Å². The third-order valence-electron chi connectivity index (χ3n) is 3.61. The van der Waals surface area contributed by atoms with Gasteiger partial charge in [0, 0.05) is 29.9 Å². The minimum absolute atomic E-state index is 0.234. The Morgan fingerprint density at radius 3 is 2.76 bits per heavy atom. The lowest BCUT2D eigenvalue weighted by molar-refractivity contribution is 0.102. The molecule has 0 aliphatic carbocycles. The number of pyridine rings is 1. The lowest BCUT2D eigenvalue weighted by Crippen LogP contribution is -2.13. The Labute approximate surface area is 121 Å². The highest BCUT2D eigenvalue weighted by Gasteiger charge is 2.14. The fourth-order valence-corrected chi connectivity index (χ4v) is 2.22. The van der Waals surface area contributed by atoms with Gasteiger partial charge in [-0.25, -0.2) is 4.98 Å². The molecular formula is C14H16N6O. The molecule has 0 atom stereocenters. The summed E-state index contributed by atoms with van der Waals surface area (Å²) in [5, 5.41) is 14.9. The number of aryl methyl sites for hydroxylation is 3. The van der Waals surface area contributed by atoms with E-state index in [1.54, 1.807) is 16.9 Å². The Balaban J connectivity index is 1.94. The zero-order valence-corrected chi connectivity index (χ0v) is 12.4. The fourth-order valence-electron chi connectivity index (χ4n) is 2.22. The average Bonchev–Trinajstić information content (AvgIpc) is 2.93. The monoisotopic (exact) mass is 284 g/mol. The van der Waals surface area contributed by atoms with Crippen molar-refractivity contribution in [1.82, 2.24) is 25.0 Å². The van der Waals surface area contributed by atoms with Gasteiger partial charge < -0.3 is 5.32 Å². The molecule has 0 saturated heterocycles. The van der Waals surface area contributed by atoms with Gasteiger partial charge in [0.2, 0.25) is 0 Å². The van der Waals surface area contributed by atoms with Gasteiger partial charge in [0.15, 0.2) is 11.5 Å². The second kappa shape index (κ2) is 4.69. The van der Waals surface area contributed by atoms with E-state index in [1.807, 2.05) is 27.8 Å². The van der Waals surface area contributed by atoms with Crippen molar-refractivity contribution >= 4 is 22.8 Å². The van der Waals surface area contributed by atoms with Crippen LogP contribution in [0.25, 0.3) is 11.0 Å². The molecule has 7 nitrogen and oxygen atoms in total. The maximum absolute atomic E-state index is 12.3. The molecular weight excluding hydrogens is 268 g/mol.